The van der Waals surface area contributed by atoms with Crippen molar-refractivity contribution in [3.8, 4) is 0 Å². The minimum atomic E-state index is -0.00552. The highest BCUT2D eigenvalue weighted by Gasteiger charge is 2.14. The Morgan fingerprint density at radius 3 is 2.33 bits per heavy atom. The van der Waals surface area contributed by atoms with Gasteiger partial charge in [0.1, 0.15) is 0 Å². The maximum atomic E-state index is 5.83. The molecule has 0 radical (unpaired) electrons. The number of hydrogen-bond donors (Lipinski definition) is 1. The highest BCUT2D eigenvalue weighted by atomic mass is 16.5. The van der Waals surface area contributed by atoms with Crippen LogP contribution >= 0.6 is 0 Å². The molecule has 3 heteroatoms. The Labute approximate surface area is 94.1 Å². The summed E-state index contributed by atoms with van der Waals surface area (Å²) in [6, 6.07) is 0. The molecule has 2 N–H and O–H groups in total. The number of nitrogens with two attached hydrogens (primary N) is 1. The zero-order valence-electron chi connectivity index (χ0n) is 10.8. The molecular weight excluding hydrogens is 188 g/mol. The summed E-state index contributed by atoms with van der Waals surface area (Å²) in [5, 5.41) is 0. The van der Waals surface area contributed by atoms with Crippen molar-refractivity contribution in [2.24, 2.45) is 16.1 Å². The van der Waals surface area contributed by atoms with E-state index in [1.807, 2.05) is 0 Å². The van der Waals surface area contributed by atoms with Crippen LogP contribution in [0.4, 0.5) is 0 Å². The van der Waals surface area contributed by atoms with Crippen LogP contribution in [0.25, 0.3) is 0 Å². The fraction of sp³-hybridized carbons (Fsp3) is 0.917. The van der Waals surface area contributed by atoms with Gasteiger partial charge in [0.25, 0.3) is 0 Å². The van der Waals surface area contributed by atoms with Gasteiger partial charge < -0.3 is 10.5 Å². The molecule has 0 spiro atoms. The van der Waals surface area contributed by atoms with Crippen LogP contribution in [0.5, 0.6) is 0 Å². The largest absolute Gasteiger partial charge is 0.387 e. The number of aliphatic imine (C=N–C) groups is 1. The average Bonchev–Trinajstić information content (AvgIpc) is 2.08. The number of unbranched alkanes of at least 4 members (excludes halogenated alkanes) is 1. The third-order valence-corrected chi connectivity index (χ3v) is 2.05. The van der Waals surface area contributed by atoms with Crippen molar-refractivity contribution < 1.29 is 4.74 Å². The highest BCUT2D eigenvalue weighted by Crippen LogP contribution is 2.12. The molecule has 90 valence electrons. The monoisotopic (exact) mass is 214 g/mol. The summed E-state index contributed by atoms with van der Waals surface area (Å²) in [7, 11) is 0. The number of ether oxygens (including phenoxy) is 1. The molecule has 0 bridgehead atoms. The molecule has 15 heavy (non-hydrogen) atoms. The van der Waals surface area contributed by atoms with Crippen LogP contribution in [0, 0.1) is 5.41 Å². The quantitative estimate of drug-likeness (QED) is 0.420. The van der Waals surface area contributed by atoms with Gasteiger partial charge in [0.2, 0.25) is 0 Å². The first kappa shape index (κ1) is 14.4. The molecule has 0 aromatic carbocycles. The van der Waals surface area contributed by atoms with E-state index in [1.165, 1.54) is 0 Å². The predicted octanol–water partition coefficient (Wildman–Crippen LogP) is 2.59. The normalized spacial score (nSPS) is 13.6. The summed E-state index contributed by atoms with van der Waals surface area (Å²) >= 11 is 0. The minimum Gasteiger partial charge on any atom is -0.387 e. The van der Waals surface area contributed by atoms with Crippen molar-refractivity contribution in [2.75, 3.05) is 13.2 Å². The van der Waals surface area contributed by atoms with Gasteiger partial charge >= 0.3 is 0 Å². The lowest BCUT2D eigenvalue weighted by Gasteiger charge is -2.17. The van der Waals surface area contributed by atoms with Crippen molar-refractivity contribution in [1.29, 1.82) is 0 Å². The average molecular weight is 214 g/mol. The molecule has 0 saturated heterocycles. The van der Waals surface area contributed by atoms with Gasteiger partial charge in [-0.2, -0.15) is 0 Å². The van der Waals surface area contributed by atoms with Crippen molar-refractivity contribution in [2.45, 2.75) is 53.6 Å². The Bertz CT molecular complexity index is 192. The first-order chi connectivity index (χ1) is 6.84. The van der Waals surface area contributed by atoms with Gasteiger partial charge in [-0.1, -0.05) is 20.8 Å². The Morgan fingerprint density at radius 2 is 1.87 bits per heavy atom. The summed E-state index contributed by atoms with van der Waals surface area (Å²) in [6.45, 7) is 12.0. The van der Waals surface area contributed by atoms with E-state index < -0.39 is 0 Å². The molecular formula is C12H26N2O. The van der Waals surface area contributed by atoms with Crippen molar-refractivity contribution >= 4 is 5.84 Å². The molecule has 0 aromatic rings. The van der Waals surface area contributed by atoms with Gasteiger partial charge in [-0.3, -0.25) is 4.99 Å². The van der Waals surface area contributed by atoms with Gasteiger partial charge in [0.05, 0.1) is 11.9 Å². The van der Waals surface area contributed by atoms with Crippen molar-refractivity contribution in [1.82, 2.24) is 0 Å². The molecule has 0 aliphatic heterocycles. The number of nitrogens with zero attached hydrogens (tertiary/aromatic N) is 1. The molecule has 0 rings (SSSR count). The fourth-order valence-electron chi connectivity index (χ4n) is 0.970. The molecule has 0 fully saturated rings. The van der Waals surface area contributed by atoms with E-state index in [9.17, 15) is 0 Å². The molecule has 0 unspecified atom stereocenters. The maximum absolute atomic E-state index is 5.83. The van der Waals surface area contributed by atoms with E-state index in [2.05, 4.69) is 39.6 Å². The van der Waals surface area contributed by atoms with Gasteiger partial charge in [0.15, 0.2) is 0 Å². The summed E-state index contributed by atoms with van der Waals surface area (Å²) in [5.74, 6) is 0.743. The van der Waals surface area contributed by atoms with Crippen molar-refractivity contribution in [3.05, 3.63) is 0 Å². The molecule has 0 aromatic heterocycles. The second-order valence-corrected chi connectivity index (χ2v) is 5.14. The summed E-state index contributed by atoms with van der Waals surface area (Å²) < 4.78 is 5.44. The lowest BCUT2D eigenvalue weighted by atomic mass is 9.95. The molecule has 0 atom stereocenters. The van der Waals surface area contributed by atoms with Gasteiger partial charge in [-0.25, -0.2) is 0 Å². The first-order valence-electron chi connectivity index (χ1n) is 5.76. The second kappa shape index (κ2) is 6.83. The Hall–Kier alpha value is -0.570. The molecule has 3 nitrogen and oxygen atoms in total. The Morgan fingerprint density at radius 1 is 1.27 bits per heavy atom. The van der Waals surface area contributed by atoms with Crippen LogP contribution in [0.2, 0.25) is 0 Å². The molecule has 0 heterocycles. The molecule has 0 amide bonds. The van der Waals surface area contributed by atoms with Crippen LogP contribution in [-0.4, -0.2) is 25.1 Å². The van der Waals surface area contributed by atoms with Crippen LogP contribution in [0.15, 0.2) is 4.99 Å². The lowest BCUT2D eigenvalue weighted by molar-refractivity contribution is 0.0763. The van der Waals surface area contributed by atoms with Crippen LogP contribution < -0.4 is 5.73 Å². The third kappa shape index (κ3) is 8.43. The van der Waals surface area contributed by atoms with E-state index in [0.29, 0.717) is 6.10 Å². The van der Waals surface area contributed by atoms with Gasteiger partial charge in [-0.05, 0) is 26.7 Å². The van der Waals surface area contributed by atoms with Crippen LogP contribution in [0.3, 0.4) is 0 Å². The van der Waals surface area contributed by atoms with Crippen LogP contribution in [0.1, 0.15) is 47.5 Å². The van der Waals surface area contributed by atoms with E-state index in [-0.39, 0.29) is 5.41 Å². The lowest BCUT2D eigenvalue weighted by Crippen LogP contribution is -2.29. The zero-order chi connectivity index (χ0) is 11.9. The summed E-state index contributed by atoms with van der Waals surface area (Å²) in [6.07, 6.45) is 2.43. The molecule has 0 aliphatic rings. The predicted molar refractivity (Wildman–Crippen MR) is 66.3 cm³/mol. The topological polar surface area (TPSA) is 47.6 Å². The smallest absolute Gasteiger partial charge is 0.0991 e. The maximum Gasteiger partial charge on any atom is 0.0991 e. The summed E-state index contributed by atoms with van der Waals surface area (Å²) in [5.41, 5.74) is 5.83. The highest BCUT2D eigenvalue weighted by molar-refractivity contribution is 5.85. The van der Waals surface area contributed by atoms with E-state index >= 15 is 0 Å². The van der Waals surface area contributed by atoms with E-state index in [1.54, 1.807) is 0 Å². The van der Waals surface area contributed by atoms with Crippen LogP contribution in [-0.2, 0) is 4.74 Å². The molecule has 0 saturated carbocycles. The molecule has 0 aliphatic carbocycles. The first-order valence-corrected chi connectivity index (χ1v) is 5.76. The third-order valence-electron chi connectivity index (χ3n) is 2.05. The SMILES string of the molecule is CC(C)OCCCCN=C(N)C(C)(C)C. The second-order valence-electron chi connectivity index (χ2n) is 5.14. The summed E-state index contributed by atoms with van der Waals surface area (Å²) in [4.78, 5) is 4.35. The zero-order valence-corrected chi connectivity index (χ0v) is 10.8. The van der Waals surface area contributed by atoms with Gasteiger partial charge in [0, 0.05) is 18.6 Å². The Kier molecular flexibility index (Phi) is 6.57. The van der Waals surface area contributed by atoms with Gasteiger partial charge in [-0.15, -0.1) is 0 Å². The number of hydrogen-bond acceptors (Lipinski definition) is 2. The standard InChI is InChI=1S/C12H26N2O/c1-10(2)15-9-7-6-8-14-11(13)12(3,4)5/h10H,6-9H2,1-5H3,(H2,13,14). The minimum absolute atomic E-state index is 0.00552. The van der Waals surface area contributed by atoms with E-state index in [0.717, 1.165) is 31.8 Å². The Balaban J connectivity index is 3.54. The van der Waals surface area contributed by atoms with Crippen molar-refractivity contribution in [3.63, 3.8) is 0 Å². The van der Waals surface area contributed by atoms with E-state index in [4.69, 9.17) is 10.5 Å². The number of amidine groups is 1. The number of rotatable bonds is 6. The fourth-order valence-corrected chi connectivity index (χ4v) is 0.970.